The van der Waals surface area contributed by atoms with Crippen LogP contribution < -0.4 is 0 Å². The molecule has 1 unspecified atom stereocenters. The van der Waals surface area contributed by atoms with Gasteiger partial charge in [0.1, 0.15) is 28.1 Å². The molecule has 11 heteroatoms. The van der Waals surface area contributed by atoms with Crippen LogP contribution in [-0.4, -0.2) is 57.6 Å². The number of rotatable bonds is 5. The van der Waals surface area contributed by atoms with Gasteiger partial charge in [-0.25, -0.2) is 9.07 Å². The molecule has 1 fully saturated rings. The van der Waals surface area contributed by atoms with E-state index < -0.39 is 11.6 Å². The molecule has 198 valence electrons. The predicted octanol–water partition coefficient (Wildman–Crippen LogP) is 3.80. The Morgan fingerprint density at radius 1 is 1.13 bits per heavy atom. The van der Waals surface area contributed by atoms with Gasteiger partial charge in [0.2, 0.25) is 0 Å². The number of hydrogen-bond donors (Lipinski definition) is 1. The summed E-state index contributed by atoms with van der Waals surface area (Å²) >= 11 is 0. The number of nitrogens with zero attached hydrogens (tertiary/aromatic N) is 8. The third kappa shape index (κ3) is 3.80. The molecule has 1 saturated heterocycles. The summed E-state index contributed by atoms with van der Waals surface area (Å²) in [6.45, 7) is 6.55. The van der Waals surface area contributed by atoms with Crippen LogP contribution in [0.2, 0.25) is 0 Å². The maximum absolute atomic E-state index is 15.5. The normalized spacial score (nSPS) is 16.1. The number of fused-ring (bicyclic) bond motifs is 3. The number of hydrogen-bond acceptors (Lipinski definition) is 7. The largest absolute Gasteiger partial charge is 0.384 e. The standard InChI is InChI=1S/C27H31FN8O2/c1-15-22(35(5)33-31-15)17-12-20-21(30-13-17)24-25(26(27(2,3)37)32-34(24)4)36(20)23(16-7-10-38-11-8-16)18-6-9-29-14-19(18)28/h6,9,12-14,16,23,37H,7-8,10-11H2,1-5H3. The molecule has 1 aliphatic heterocycles. The Kier molecular flexibility index (Phi) is 5.80. The highest BCUT2D eigenvalue weighted by Crippen LogP contribution is 2.44. The van der Waals surface area contributed by atoms with Gasteiger partial charge in [0.15, 0.2) is 0 Å². The van der Waals surface area contributed by atoms with Crippen LogP contribution >= 0.6 is 0 Å². The van der Waals surface area contributed by atoms with E-state index >= 15 is 4.39 Å². The molecule has 0 aliphatic carbocycles. The van der Waals surface area contributed by atoms with Crippen molar-refractivity contribution in [3.05, 3.63) is 53.5 Å². The van der Waals surface area contributed by atoms with E-state index in [0.717, 1.165) is 51.9 Å². The van der Waals surface area contributed by atoms with Gasteiger partial charge in [-0.15, -0.1) is 5.10 Å². The second kappa shape index (κ2) is 8.95. The van der Waals surface area contributed by atoms with Gasteiger partial charge in [-0.1, -0.05) is 5.21 Å². The van der Waals surface area contributed by atoms with Crippen molar-refractivity contribution in [1.29, 1.82) is 0 Å². The predicted molar refractivity (Wildman–Crippen MR) is 140 cm³/mol. The van der Waals surface area contributed by atoms with Crippen molar-refractivity contribution < 1.29 is 14.2 Å². The summed E-state index contributed by atoms with van der Waals surface area (Å²) in [7, 11) is 3.70. The van der Waals surface area contributed by atoms with Crippen LogP contribution in [0, 0.1) is 18.7 Å². The van der Waals surface area contributed by atoms with Crippen molar-refractivity contribution in [1.82, 2.24) is 39.3 Å². The Hall–Kier alpha value is -3.70. The number of aromatic nitrogens is 8. The molecule has 5 aromatic rings. The van der Waals surface area contributed by atoms with Crippen molar-refractivity contribution in [2.24, 2.45) is 20.0 Å². The van der Waals surface area contributed by atoms with Crippen molar-refractivity contribution in [2.75, 3.05) is 13.2 Å². The van der Waals surface area contributed by atoms with Crippen LogP contribution in [0.5, 0.6) is 0 Å². The molecular formula is C27H31FN8O2. The highest BCUT2D eigenvalue weighted by molar-refractivity contribution is 6.06. The van der Waals surface area contributed by atoms with E-state index in [4.69, 9.17) is 14.8 Å². The smallest absolute Gasteiger partial charge is 0.146 e. The first-order valence-electron chi connectivity index (χ1n) is 12.8. The molecule has 0 saturated carbocycles. The number of pyridine rings is 2. The Morgan fingerprint density at radius 2 is 1.89 bits per heavy atom. The van der Waals surface area contributed by atoms with E-state index in [2.05, 4.69) is 25.9 Å². The third-order valence-corrected chi connectivity index (χ3v) is 7.58. The molecule has 0 aromatic carbocycles. The molecule has 1 atom stereocenters. The Morgan fingerprint density at radius 3 is 2.55 bits per heavy atom. The van der Waals surface area contributed by atoms with Crippen molar-refractivity contribution in [3.63, 3.8) is 0 Å². The zero-order chi connectivity index (χ0) is 26.8. The topological polar surface area (TPSA) is 109 Å². The summed E-state index contributed by atoms with van der Waals surface area (Å²) in [6.07, 6.45) is 6.24. The molecule has 6 heterocycles. The fraction of sp³-hybridized carbons (Fsp3) is 0.444. The zero-order valence-corrected chi connectivity index (χ0v) is 22.2. The molecule has 1 N–H and O–H groups in total. The van der Waals surface area contributed by atoms with Crippen molar-refractivity contribution in [3.8, 4) is 11.3 Å². The fourth-order valence-electron chi connectivity index (χ4n) is 5.89. The van der Waals surface area contributed by atoms with Gasteiger partial charge in [-0.2, -0.15) is 5.10 Å². The number of ether oxygens (including phenoxy) is 1. The summed E-state index contributed by atoms with van der Waals surface area (Å²) < 4.78 is 26.8. The summed E-state index contributed by atoms with van der Waals surface area (Å²) in [4.78, 5) is 8.92. The minimum atomic E-state index is -1.24. The molecule has 0 bridgehead atoms. The molecule has 1 aliphatic rings. The molecular weight excluding hydrogens is 487 g/mol. The Bertz CT molecular complexity index is 1640. The molecule has 5 aromatic heterocycles. The molecule has 38 heavy (non-hydrogen) atoms. The van der Waals surface area contributed by atoms with E-state index in [1.807, 2.05) is 27.2 Å². The van der Waals surface area contributed by atoms with Gasteiger partial charge in [0.05, 0.1) is 34.7 Å². The van der Waals surface area contributed by atoms with E-state index in [1.54, 1.807) is 35.5 Å². The lowest BCUT2D eigenvalue weighted by Crippen LogP contribution is -2.28. The minimum Gasteiger partial charge on any atom is -0.384 e. The Labute approximate surface area is 219 Å². The lowest BCUT2D eigenvalue weighted by Gasteiger charge is -2.33. The summed E-state index contributed by atoms with van der Waals surface area (Å²) in [5, 5.41) is 24.3. The molecule has 10 nitrogen and oxygen atoms in total. The molecule has 6 rings (SSSR count). The molecule has 0 amide bonds. The summed E-state index contributed by atoms with van der Waals surface area (Å²) in [5.41, 5.74) is 5.39. The zero-order valence-electron chi connectivity index (χ0n) is 22.2. The fourth-order valence-corrected chi connectivity index (χ4v) is 5.89. The van der Waals surface area contributed by atoms with Gasteiger partial charge in [0, 0.05) is 50.8 Å². The number of halogens is 1. The summed E-state index contributed by atoms with van der Waals surface area (Å²) in [5.74, 6) is -0.290. The highest BCUT2D eigenvalue weighted by Gasteiger charge is 2.36. The van der Waals surface area contributed by atoms with E-state index in [9.17, 15) is 5.11 Å². The van der Waals surface area contributed by atoms with E-state index in [1.165, 1.54) is 6.20 Å². The van der Waals surface area contributed by atoms with Crippen molar-refractivity contribution in [2.45, 2.75) is 45.3 Å². The van der Waals surface area contributed by atoms with Crippen LogP contribution in [0.1, 0.15) is 49.7 Å². The lowest BCUT2D eigenvalue weighted by atomic mass is 9.86. The van der Waals surface area contributed by atoms with Crippen LogP contribution in [-0.2, 0) is 24.4 Å². The quantitative estimate of drug-likeness (QED) is 0.377. The van der Waals surface area contributed by atoms with Crippen LogP contribution in [0.3, 0.4) is 0 Å². The number of aliphatic hydroxyl groups is 1. The average molecular weight is 519 g/mol. The lowest BCUT2D eigenvalue weighted by molar-refractivity contribution is 0.0543. The van der Waals surface area contributed by atoms with Gasteiger partial charge >= 0.3 is 0 Å². The van der Waals surface area contributed by atoms with E-state index in [-0.39, 0.29) is 11.7 Å². The maximum Gasteiger partial charge on any atom is 0.146 e. The third-order valence-electron chi connectivity index (χ3n) is 7.58. The van der Waals surface area contributed by atoms with Crippen LogP contribution in [0.15, 0.2) is 30.7 Å². The SMILES string of the molecule is Cc1nnn(C)c1-c1cnc2c3c(c(C(C)(C)O)nn3C)n(C(c3ccncc3F)C3CCOCC3)c2c1. The van der Waals surface area contributed by atoms with Gasteiger partial charge in [0.25, 0.3) is 0 Å². The number of aryl methyl sites for hydroxylation is 3. The summed E-state index contributed by atoms with van der Waals surface area (Å²) in [6, 6.07) is 3.42. The van der Waals surface area contributed by atoms with Crippen LogP contribution in [0.4, 0.5) is 4.39 Å². The van der Waals surface area contributed by atoms with Gasteiger partial charge < -0.3 is 14.4 Å². The van der Waals surface area contributed by atoms with Gasteiger partial charge in [-0.3, -0.25) is 14.6 Å². The molecule has 0 spiro atoms. The second-order valence-corrected chi connectivity index (χ2v) is 10.6. The second-order valence-electron chi connectivity index (χ2n) is 10.6. The van der Waals surface area contributed by atoms with Gasteiger partial charge in [-0.05, 0) is 51.7 Å². The minimum absolute atomic E-state index is 0.0815. The van der Waals surface area contributed by atoms with Crippen molar-refractivity contribution >= 4 is 22.1 Å². The monoisotopic (exact) mass is 518 g/mol. The first-order valence-corrected chi connectivity index (χ1v) is 12.8. The highest BCUT2D eigenvalue weighted by atomic mass is 19.1. The first kappa shape index (κ1) is 24.6. The average Bonchev–Trinajstić information content (AvgIpc) is 3.52. The van der Waals surface area contributed by atoms with E-state index in [0.29, 0.717) is 24.5 Å². The van der Waals surface area contributed by atoms with Crippen LogP contribution in [0.25, 0.3) is 33.3 Å². The first-order chi connectivity index (χ1) is 18.2. The maximum atomic E-state index is 15.5. The Balaban J connectivity index is 1.75. The molecule has 0 radical (unpaired) electrons.